The van der Waals surface area contributed by atoms with Gasteiger partial charge in [0.15, 0.2) is 0 Å². The molecule has 1 atom stereocenters. The van der Waals surface area contributed by atoms with Gasteiger partial charge in [0.25, 0.3) is 0 Å². The van der Waals surface area contributed by atoms with E-state index in [1.165, 1.54) is 0 Å². The molecule has 2 fully saturated rings. The molecule has 0 saturated carbocycles. The third-order valence-electron chi connectivity index (χ3n) is 2.84. The average Bonchev–Trinajstić information content (AvgIpc) is 2.48. The first kappa shape index (κ1) is 11.6. The highest BCUT2D eigenvalue weighted by Gasteiger charge is 2.35. The van der Waals surface area contributed by atoms with Crippen molar-refractivity contribution < 1.29 is 9.53 Å². The summed E-state index contributed by atoms with van der Waals surface area (Å²) in [5.41, 5.74) is 0. The van der Waals surface area contributed by atoms with Crippen LogP contribution in [0.5, 0.6) is 0 Å². The molecule has 2 saturated heterocycles. The monoisotopic (exact) mass is 220 g/mol. The predicted octanol–water partition coefficient (Wildman–Crippen LogP) is 1.00. The van der Waals surface area contributed by atoms with Gasteiger partial charge in [0.05, 0.1) is 6.04 Å². The zero-order valence-electron chi connectivity index (χ0n) is 8.36. The number of amides is 1. The molecule has 0 aromatic heterocycles. The second kappa shape index (κ2) is 4.84. The maximum absolute atomic E-state index is 11.4. The van der Waals surface area contributed by atoms with E-state index in [0.29, 0.717) is 12.6 Å². The topological polar surface area (TPSA) is 41.6 Å². The van der Waals surface area contributed by atoms with E-state index in [9.17, 15) is 4.79 Å². The number of rotatable bonds is 1. The molecule has 5 heteroatoms. The van der Waals surface area contributed by atoms with Crippen LogP contribution in [0.2, 0.25) is 0 Å². The van der Waals surface area contributed by atoms with Crippen molar-refractivity contribution in [2.75, 3.05) is 19.7 Å². The summed E-state index contributed by atoms with van der Waals surface area (Å²) in [5.74, 6) is 0. The van der Waals surface area contributed by atoms with Crippen molar-refractivity contribution in [1.82, 2.24) is 10.2 Å². The maximum Gasteiger partial charge on any atom is 0.410 e. The van der Waals surface area contributed by atoms with Gasteiger partial charge in [-0.2, -0.15) is 0 Å². The van der Waals surface area contributed by atoms with Gasteiger partial charge in [-0.25, -0.2) is 4.79 Å². The number of nitrogens with one attached hydrogen (secondary N) is 1. The number of halogens is 1. The average molecular weight is 221 g/mol. The second-order valence-corrected chi connectivity index (χ2v) is 3.81. The Labute approximate surface area is 90.4 Å². The van der Waals surface area contributed by atoms with Gasteiger partial charge in [-0.3, -0.25) is 4.90 Å². The Morgan fingerprint density at radius 2 is 2.07 bits per heavy atom. The Morgan fingerprint density at radius 3 is 2.57 bits per heavy atom. The summed E-state index contributed by atoms with van der Waals surface area (Å²) in [4.78, 5) is 13.3. The quantitative estimate of drug-likeness (QED) is 0.717. The molecule has 0 aromatic rings. The van der Waals surface area contributed by atoms with Crippen LogP contribution in [0.15, 0.2) is 0 Å². The van der Waals surface area contributed by atoms with Crippen molar-refractivity contribution in [2.24, 2.45) is 0 Å². The van der Waals surface area contributed by atoms with Crippen LogP contribution in [-0.4, -0.2) is 42.8 Å². The molecule has 2 aliphatic heterocycles. The Balaban J connectivity index is 0.000000980. The molecule has 0 spiro atoms. The Hall–Kier alpha value is -0.480. The van der Waals surface area contributed by atoms with E-state index in [1.54, 1.807) is 0 Å². The molecule has 82 valence electrons. The van der Waals surface area contributed by atoms with Gasteiger partial charge in [0.2, 0.25) is 0 Å². The minimum atomic E-state index is -0.126. The summed E-state index contributed by atoms with van der Waals surface area (Å²) >= 11 is 0. The number of hydrogen-bond donors (Lipinski definition) is 1. The molecule has 0 aliphatic carbocycles. The van der Waals surface area contributed by atoms with Gasteiger partial charge in [-0.1, -0.05) is 0 Å². The molecule has 0 radical (unpaired) electrons. The molecule has 0 aromatic carbocycles. The zero-order valence-corrected chi connectivity index (χ0v) is 9.18. The van der Waals surface area contributed by atoms with Gasteiger partial charge in [0, 0.05) is 6.04 Å². The lowest BCUT2D eigenvalue weighted by atomic mass is 10.0. The summed E-state index contributed by atoms with van der Waals surface area (Å²) in [5, 5.41) is 3.29. The minimum Gasteiger partial charge on any atom is -0.447 e. The normalized spacial score (nSPS) is 28.5. The van der Waals surface area contributed by atoms with Crippen LogP contribution in [0.3, 0.4) is 0 Å². The van der Waals surface area contributed by atoms with E-state index in [2.05, 4.69) is 5.32 Å². The molecule has 1 unspecified atom stereocenters. The molecular weight excluding hydrogens is 204 g/mol. The molecule has 1 N–H and O–H groups in total. The summed E-state index contributed by atoms with van der Waals surface area (Å²) in [6.07, 6.45) is 1.98. The van der Waals surface area contributed by atoms with E-state index in [0.717, 1.165) is 25.9 Å². The van der Waals surface area contributed by atoms with Crippen LogP contribution >= 0.6 is 12.4 Å². The number of ether oxygens (including phenoxy) is 1. The van der Waals surface area contributed by atoms with Gasteiger partial charge in [-0.05, 0) is 32.9 Å². The van der Waals surface area contributed by atoms with E-state index >= 15 is 0 Å². The lowest BCUT2D eigenvalue weighted by Crippen LogP contribution is -2.46. The first-order valence-electron chi connectivity index (χ1n) is 4.95. The molecule has 2 heterocycles. The fraction of sp³-hybridized carbons (Fsp3) is 0.889. The maximum atomic E-state index is 11.4. The van der Waals surface area contributed by atoms with Gasteiger partial charge in [-0.15, -0.1) is 12.4 Å². The summed E-state index contributed by atoms with van der Waals surface area (Å²) in [7, 11) is 0. The summed E-state index contributed by atoms with van der Waals surface area (Å²) in [6.45, 7) is 4.64. The van der Waals surface area contributed by atoms with Crippen molar-refractivity contribution in [1.29, 1.82) is 0 Å². The largest absolute Gasteiger partial charge is 0.447 e. The van der Waals surface area contributed by atoms with Crippen molar-refractivity contribution in [3.63, 3.8) is 0 Å². The van der Waals surface area contributed by atoms with Crippen molar-refractivity contribution in [3.8, 4) is 0 Å². The van der Waals surface area contributed by atoms with Gasteiger partial charge < -0.3 is 10.1 Å². The van der Waals surface area contributed by atoms with Crippen LogP contribution in [0.1, 0.15) is 19.8 Å². The number of piperidine rings is 1. The van der Waals surface area contributed by atoms with E-state index in [4.69, 9.17) is 4.74 Å². The SMILES string of the molecule is CC1COC(=O)N1C1CCNCC1.Cl. The number of hydrogen-bond acceptors (Lipinski definition) is 3. The molecule has 2 rings (SSSR count). The molecular formula is C9H17ClN2O2. The van der Waals surface area contributed by atoms with E-state index in [-0.39, 0.29) is 24.5 Å². The predicted molar refractivity (Wildman–Crippen MR) is 55.8 cm³/mol. The smallest absolute Gasteiger partial charge is 0.410 e. The first-order chi connectivity index (χ1) is 6.29. The first-order valence-corrected chi connectivity index (χ1v) is 4.95. The highest BCUT2D eigenvalue weighted by Crippen LogP contribution is 2.20. The third-order valence-corrected chi connectivity index (χ3v) is 2.84. The van der Waals surface area contributed by atoms with E-state index < -0.39 is 0 Å². The lowest BCUT2D eigenvalue weighted by molar-refractivity contribution is 0.135. The molecule has 14 heavy (non-hydrogen) atoms. The fourth-order valence-electron chi connectivity index (χ4n) is 2.12. The Morgan fingerprint density at radius 1 is 1.43 bits per heavy atom. The van der Waals surface area contributed by atoms with Crippen LogP contribution in [0, 0.1) is 0 Å². The lowest BCUT2D eigenvalue weighted by Gasteiger charge is -2.32. The van der Waals surface area contributed by atoms with Gasteiger partial charge in [0.1, 0.15) is 6.61 Å². The molecule has 4 nitrogen and oxygen atoms in total. The standard InChI is InChI=1S/C9H16N2O2.ClH/c1-7-6-13-9(12)11(7)8-2-4-10-5-3-8;/h7-8,10H,2-6H2,1H3;1H. The molecule has 2 aliphatic rings. The zero-order chi connectivity index (χ0) is 9.26. The number of carbonyl (C=O) groups excluding carboxylic acids is 1. The third kappa shape index (κ3) is 2.12. The van der Waals surface area contributed by atoms with Crippen LogP contribution < -0.4 is 5.32 Å². The Kier molecular flexibility index (Phi) is 4.01. The van der Waals surface area contributed by atoms with Crippen molar-refractivity contribution >= 4 is 18.5 Å². The van der Waals surface area contributed by atoms with Gasteiger partial charge >= 0.3 is 6.09 Å². The highest BCUT2D eigenvalue weighted by molar-refractivity contribution is 5.85. The molecule has 0 bridgehead atoms. The van der Waals surface area contributed by atoms with Crippen molar-refractivity contribution in [3.05, 3.63) is 0 Å². The number of nitrogens with zero attached hydrogens (tertiary/aromatic N) is 1. The van der Waals surface area contributed by atoms with E-state index in [1.807, 2.05) is 11.8 Å². The second-order valence-electron chi connectivity index (χ2n) is 3.81. The number of cyclic esters (lactones) is 1. The molecule has 1 amide bonds. The minimum absolute atomic E-state index is 0. The van der Waals surface area contributed by atoms with Crippen LogP contribution in [0.4, 0.5) is 4.79 Å². The summed E-state index contributed by atoms with van der Waals surface area (Å²) < 4.78 is 5.00. The summed E-state index contributed by atoms with van der Waals surface area (Å²) in [6, 6.07) is 0.654. The highest BCUT2D eigenvalue weighted by atomic mass is 35.5. The number of carbonyl (C=O) groups is 1. The Bertz CT molecular complexity index is 207. The fourth-order valence-corrected chi connectivity index (χ4v) is 2.12. The van der Waals surface area contributed by atoms with Crippen molar-refractivity contribution in [2.45, 2.75) is 31.8 Å². The van der Waals surface area contributed by atoms with Crippen LogP contribution in [-0.2, 0) is 4.74 Å². The van der Waals surface area contributed by atoms with Crippen LogP contribution in [0.25, 0.3) is 0 Å².